The fourth-order valence-electron chi connectivity index (χ4n) is 1.73. The molecule has 110 valence electrons. The predicted octanol–water partition coefficient (Wildman–Crippen LogP) is 4.50. The van der Waals surface area contributed by atoms with Crippen molar-refractivity contribution in [1.29, 1.82) is 0 Å². The molecule has 6 heteroatoms. The van der Waals surface area contributed by atoms with Gasteiger partial charge in [0.1, 0.15) is 6.61 Å². The van der Waals surface area contributed by atoms with Gasteiger partial charge in [0.05, 0.1) is 13.3 Å². The highest BCUT2D eigenvalue weighted by atomic mass is 79.9. The van der Waals surface area contributed by atoms with Gasteiger partial charge in [-0.2, -0.15) is 0 Å². The molecule has 0 aliphatic rings. The van der Waals surface area contributed by atoms with E-state index in [-0.39, 0.29) is 0 Å². The van der Waals surface area contributed by atoms with E-state index >= 15 is 0 Å². The van der Waals surface area contributed by atoms with Gasteiger partial charge in [-0.15, -0.1) is 0 Å². The Morgan fingerprint density at radius 3 is 2.57 bits per heavy atom. The Morgan fingerprint density at radius 1 is 1.24 bits per heavy atom. The van der Waals surface area contributed by atoms with Crippen LogP contribution in [0, 0.1) is 0 Å². The van der Waals surface area contributed by atoms with Crippen LogP contribution in [0.25, 0.3) is 0 Å². The summed E-state index contributed by atoms with van der Waals surface area (Å²) < 4.78 is 11.8. The van der Waals surface area contributed by atoms with E-state index in [1.54, 1.807) is 19.2 Å². The number of nitrogens with zero attached hydrogens (tertiary/aromatic N) is 1. The van der Waals surface area contributed by atoms with Gasteiger partial charge in [0, 0.05) is 15.1 Å². The number of ether oxygens (including phenoxy) is 2. The van der Waals surface area contributed by atoms with Gasteiger partial charge in [-0.3, -0.25) is 0 Å². The number of oxime groups is 1. The van der Waals surface area contributed by atoms with Crippen molar-refractivity contribution in [1.82, 2.24) is 0 Å². The van der Waals surface area contributed by atoms with Gasteiger partial charge in [0.25, 0.3) is 0 Å². The van der Waals surface area contributed by atoms with Crippen molar-refractivity contribution >= 4 is 33.7 Å². The molecule has 0 saturated carbocycles. The second kappa shape index (κ2) is 7.33. The molecule has 0 atom stereocenters. The Morgan fingerprint density at radius 2 is 1.95 bits per heavy atom. The molecule has 2 aromatic carbocycles. The van der Waals surface area contributed by atoms with Gasteiger partial charge in [-0.05, 0) is 45.8 Å². The molecule has 0 radical (unpaired) electrons. The minimum absolute atomic E-state index is 0.396. The number of methoxy groups -OCH3 is 1. The number of hydrogen-bond acceptors (Lipinski definition) is 4. The highest BCUT2D eigenvalue weighted by Gasteiger charge is 2.09. The van der Waals surface area contributed by atoms with Crippen LogP contribution in [0.3, 0.4) is 0 Å². The number of hydrogen-bond donors (Lipinski definition) is 1. The molecule has 0 aliphatic heterocycles. The highest BCUT2D eigenvalue weighted by molar-refractivity contribution is 9.10. The van der Waals surface area contributed by atoms with E-state index in [0.717, 1.165) is 10.0 Å². The molecule has 0 aliphatic carbocycles. The topological polar surface area (TPSA) is 51.0 Å². The van der Waals surface area contributed by atoms with Gasteiger partial charge >= 0.3 is 0 Å². The zero-order valence-electron chi connectivity index (χ0n) is 11.2. The van der Waals surface area contributed by atoms with Crippen molar-refractivity contribution in [3.05, 3.63) is 57.0 Å². The second-order valence-electron chi connectivity index (χ2n) is 4.18. The largest absolute Gasteiger partial charge is 0.493 e. The van der Waals surface area contributed by atoms with Gasteiger partial charge in [0.2, 0.25) is 0 Å². The highest BCUT2D eigenvalue weighted by Crippen LogP contribution is 2.33. The third kappa shape index (κ3) is 4.12. The molecule has 0 spiro atoms. The van der Waals surface area contributed by atoms with Crippen LogP contribution < -0.4 is 9.47 Å². The number of benzene rings is 2. The number of halogens is 2. The Labute approximate surface area is 136 Å². The van der Waals surface area contributed by atoms with E-state index in [9.17, 15) is 0 Å². The monoisotopic (exact) mass is 369 g/mol. The van der Waals surface area contributed by atoms with Crippen LogP contribution in [-0.2, 0) is 6.61 Å². The normalized spacial score (nSPS) is 10.8. The third-order valence-corrected chi connectivity index (χ3v) is 3.73. The van der Waals surface area contributed by atoms with E-state index in [0.29, 0.717) is 28.7 Å². The quantitative estimate of drug-likeness (QED) is 0.479. The Balaban J connectivity index is 2.19. The van der Waals surface area contributed by atoms with E-state index in [1.165, 1.54) is 6.21 Å². The summed E-state index contributed by atoms with van der Waals surface area (Å²) in [4.78, 5) is 0. The van der Waals surface area contributed by atoms with Crippen LogP contribution in [0.1, 0.15) is 11.1 Å². The van der Waals surface area contributed by atoms with E-state index < -0.39 is 0 Å². The molecule has 0 fully saturated rings. The first-order valence-corrected chi connectivity index (χ1v) is 7.23. The van der Waals surface area contributed by atoms with Crippen molar-refractivity contribution < 1.29 is 14.7 Å². The molecule has 0 amide bonds. The molecular weight excluding hydrogens is 358 g/mol. The molecule has 21 heavy (non-hydrogen) atoms. The molecule has 1 N–H and O–H groups in total. The Kier molecular flexibility index (Phi) is 5.47. The van der Waals surface area contributed by atoms with Crippen LogP contribution in [0.4, 0.5) is 0 Å². The summed E-state index contributed by atoms with van der Waals surface area (Å²) in [6, 6.07) is 10.9. The van der Waals surface area contributed by atoms with Gasteiger partial charge in [-0.1, -0.05) is 28.9 Å². The standard InChI is InChI=1S/C15H13BrClNO3/c1-20-14-6-11(8-18-19)13(16)7-15(14)21-9-10-2-4-12(17)5-3-10/h2-8,19H,9H2,1H3/b18-8-. The maximum atomic E-state index is 8.62. The molecule has 0 bridgehead atoms. The Hall–Kier alpha value is -1.72. The summed E-state index contributed by atoms with van der Waals surface area (Å²) in [5, 5.41) is 12.3. The van der Waals surface area contributed by atoms with E-state index in [1.807, 2.05) is 24.3 Å². The van der Waals surface area contributed by atoms with Crippen LogP contribution in [0.15, 0.2) is 46.0 Å². The van der Waals surface area contributed by atoms with Crippen molar-refractivity contribution in [2.75, 3.05) is 7.11 Å². The molecule has 0 unspecified atom stereocenters. The fourth-order valence-corrected chi connectivity index (χ4v) is 2.28. The Bertz CT molecular complexity index is 644. The minimum atomic E-state index is 0.396. The maximum absolute atomic E-state index is 8.62. The summed E-state index contributed by atoms with van der Waals surface area (Å²) >= 11 is 9.24. The van der Waals surface area contributed by atoms with E-state index in [4.69, 9.17) is 26.3 Å². The first-order chi connectivity index (χ1) is 10.1. The van der Waals surface area contributed by atoms with Crippen molar-refractivity contribution in [2.45, 2.75) is 6.61 Å². The maximum Gasteiger partial charge on any atom is 0.162 e. The molecule has 2 rings (SSSR count). The minimum Gasteiger partial charge on any atom is -0.493 e. The zero-order valence-corrected chi connectivity index (χ0v) is 13.6. The van der Waals surface area contributed by atoms with Gasteiger partial charge in [0.15, 0.2) is 11.5 Å². The lowest BCUT2D eigenvalue weighted by Crippen LogP contribution is -1.99. The van der Waals surface area contributed by atoms with Crippen molar-refractivity contribution in [3.8, 4) is 11.5 Å². The van der Waals surface area contributed by atoms with E-state index in [2.05, 4.69) is 21.1 Å². The molecule has 4 nitrogen and oxygen atoms in total. The first kappa shape index (κ1) is 15.7. The molecule has 0 aromatic heterocycles. The lowest BCUT2D eigenvalue weighted by atomic mass is 10.2. The van der Waals surface area contributed by atoms with Crippen LogP contribution in [0.2, 0.25) is 5.02 Å². The van der Waals surface area contributed by atoms with Gasteiger partial charge < -0.3 is 14.7 Å². The lowest BCUT2D eigenvalue weighted by molar-refractivity contribution is 0.284. The molecule has 0 heterocycles. The average Bonchev–Trinajstić information content (AvgIpc) is 2.49. The van der Waals surface area contributed by atoms with Crippen LogP contribution in [-0.4, -0.2) is 18.5 Å². The summed E-state index contributed by atoms with van der Waals surface area (Å²) in [7, 11) is 1.55. The smallest absolute Gasteiger partial charge is 0.162 e. The van der Waals surface area contributed by atoms with Crippen LogP contribution in [0.5, 0.6) is 11.5 Å². The molecular formula is C15H13BrClNO3. The summed E-state index contributed by atoms with van der Waals surface area (Å²) in [5.41, 5.74) is 1.69. The second-order valence-corrected chi connectivity index (χ2v) is 5.48. The molecule has 0 saturated heterocycles. The number of rotatable bonds is 5. The SMILES string of the molecule is COc1cc(/C=N\O)c(Br)cc1OCc1ccc(Cl)cc1. The zero-order chi connectivity index (χ0) is 15.2. The third-order valence-electron chi connectivity index (χ3n) is 2.79. The van der Waals surface area contributed by atoms with Crippen molar-refractivity contribution in [3.63, 3.8) is 0 Å². The predicted molar refractivity (Wildman–Crippen MR) is 85.9 cm³/mol. The van der Waals surface area contributed by atoms with Crippen LogP contribution >= 0.6 is 27.5 Å². The summed E-state index contributed by atoms with van der Waals surface area (Å²) in [6.45, 7) is 0.396. The summed E-state index contributed by atoms with van der Waals surface area (Å²) in [5.74, 6) is 1.15. The summed E-state index contributed by atoms with van der Waals surface area (Å²) in [6.07, 6.45) is 1.32. The molecule has 2 aromatic rings. The van der Waals surface area contributed by atoms with Gasteiger partial charge in [-0.25, -0.2) is 0 Å². The van der Waals surface area contributed by atoms with Crippen molar-refractivity contribution in [2.24, 2.45) is 5.16 Å². The lowest BCUT2D eigenvalue weighted by Gasteiger charge is -2.12. The first-order valence-electron chi connectivity index (χ1n) is 6.06. The average molecular weight is 371 g/mol. The fraction of sp³-hybridized carbons (Fsp3) is 0.133.